The average molecular weight is 683 g/mol. The quantitative estimate of drug-likeness (QED) is 0.163. The van der Waals surface area contributed by atoms with Crippen molar-refractivity contribution in [1.29, 1.82) is 0 Å². The Labute approximate surface area is 313 Å². The SMILES string of the molecule is Cc1cc(C)c2c(c1)-c1cc3c4ccc(-c5ccccc5)cc4c(-c4ccc5ccc6cccc7ccc4c5c67)cc3c3ccc(-c4ccccc4)c-2c13. The lowest BCUT2D eigenvalue weighted by Crippen LogP contribution is -1.91. The standard InChI is InChI=1S/C54H34/c1-31-26-32(2)50-48(27-31)49-30-46-41-22-20-38(33-10-5-3-6-11-33)28-44(41)45(29-47(46)43-25-24-39(54(50)53(43)49)34-12-7-4-8-13-34)40-21-18-37-17-16-35-14-9-15-36-19-23-42(40)52(37)51(35)36/h3-30H,1-2H3. The molecule has 54 heavy (non-hydrogen) atoms. The Morgan fingerprint density at radius 3 is 1.70 bits per heavy atom. The van der Waals surface area contributed by atoms with Gasteiger partial charge in [0.15, 0.2) is 0 Å². The van der Waals surface area contributed by atoms with E-state index in [9.17, 15) is 0 Å². The second kappa shape index (κ2) is 10.9. The van der Waals surface area contributed by atoms with Crippen molar-refractivity contribution < 1.29 is 0 Å². The Morgan fingerprint density at radius 2 is 0.907 bits per heavy atom. The van der Waals surface area contributed by atoms with Crippen LogP contribution in [0.25, 0.3) is 120 Å². The first-order chi connectivity index (χ1) is 26.6. The molecule has 0 aliphatic heterocycles. The molecule has 1 aliphatic rings. The fourth-order valence-electron chi connectivity index (χ4n) is 9.99. The molecule has 0 saturated carbocycles. The van der Waals surface area contributed by atoms with Gasteiger partial charge in [-0.1, -0.05) is 157 Å². The molecule has 0 aromatic heterocycles. The molecule has 0 atom stereocenters. The summed E-state index contributed by atoms with van der Waals surface area (Å²) in [5, 5.41) is 15.7. The van der Waals surface area contributed by atoms with Gasteiger partial charge in [-0.3, -0.25) is 0 Å². The van der Waals surface area contributed by atoms with E-state index in [2.05, 4.69) is 184 Å². The van der Waals surface area contributed by atoms with E-state index in [1.807, 2.05) is 0 Å². The number of hydrogen-bond acceptors (Lipinski definition) is 0. The average Bonchev–Trinajstić information content (AvgIpc) is 3.55. The Kier molecular flexibility index (Phi) is 6.00. The van der Waals surface area contributed by atoms with Crippen LogP contribution in [-0.2, 0) is 0 Å². The van der Waals surface area contributed by atoms with E-state index in [4.69, 9.17) is 0 Å². The second-order valence-corrected chi connectivity index (χ2v) is 15.3. The number of hydrogen-bond donors (Lipinski definition) is 0. The second-order valence-electron chi connectivity index (χ2n) is 15.3. The minimum absolute atomic E-state index is 1.23. The molecule has 0 nitrogen and oxygen atoms in total. The highest BCUT2D eigenvalue weighted by atomic mass is 14.3. The Hall–Kier alpha value is -6.76. The van der Waals surface area contributed by atoms with Gasteiger partial charge in [-0.2, -0.15) is 0 Å². The summed E-state index contributed by atoms with van der Waals surface area (Å²) in [6.07, 6.45) is 0. The van der Waals surface area contributed by atoms with Gasteiger partial charge in [-0.05, 0) is 158 Å². The maximum absolute atomic E-state index is 2.52. The molecule has 12 rings (SSSR count). The molecular weight excluding hydrogens is 649 g/mol. The predicted molar refractivity (Wildman–Crippen MR) is 233 cm³/mol. The number of fused-ring (bicyclic) bond motifs is 7. The van der Waals surface area contributed by atoms with Crippen molar-refractivity contribution >= 4 is 64.6 Å². The summed E-state index contributed by atoms with van der Waals surface area (Å²) in [7, 11) is 0. The van der Waals surface area contributed by atoms with E-state index >= 15 is 0 Å². The Morgan fingerprint density at radius 1 is 0.278 bits per heavy atom. The highest BCUT2D eigenvalue weighted by Crippen LogP contribution is 2.55. The zero-order chi connectivity index (χ0) is 35.7. The Bertz CT molecular complexity index is 3350. The summed E-state index contributed by atoms with van der Waals surface area (Å²) < 4.78 is 0. The summed E-state index contributed by atoms with van der Waals surface area (Å²) in [4.78, 5) is 0. The largest absolute Gasteiger partial charge is 0.0622 e. The first-order valence-electron chi connectivity index (χ1n) is 19.0. The van der Waals surface area contributed by atoms with Crippen molar-refractivity contribution in [3.63, 3.8) is 0 Å². The highest BCUT2D eigenvalue weighted by molar-refractivity contribution is 6.32. The molecule has 0 radical (unpaired) electrons. The molecule has 0 N–H and O–H groups in total. The zero-order valence-corrected chi connectivity index (χ0v) is 30.2. The topological polar surface area (TPSA) is 0 Å². The summed E-state index contributed by atoms with van der Waals surface area (Å²) >= 11 is 0. The van der Waals surface area contributed by atoms with Crippen LogP contribution in [0.3, 0.4) is 0 Å². The third-order valence-corrected chi connectivity index (χ3v) is 12.3. The summed E-state index contributed by atoms with van der Waals surface area (Å²) in [6.45, 7) is 4.52. The lowest BCUT2D eigenvalue weighted by atomic mass is 9.84. The third-order valence-electron chi connectivity index (χ3n) is 12.3. The number of aryl methyl sites for hydroxylation is 2. The number of rotatable bonds is 3. The molecule has 1 aliphatic carbocycles. The molecular formula is C54H34. The van der Waals surface area contributed by atoms with E-state index < -0.39 is 0 Å². The van der Waals surface area contributed by atoms with Crippen LogP contribution in [0, 0.1) is 13.8 Å². The van der Waals surface area contributed by atoms with Crippen molar-refractivity contribution in [2.75, 3.05) is 0 Å². The van der Waals surface area contributed by atoms with Gasteiger partial charge >= 0.3 is 0 Å². The van der Waals surface area contributed by atoms with Crippen molar-refractivity contribution in [2.24, 2.45) is 0 Å². The van der Waals surface area contributed by atoms with Gasteiger partial charge in [0.1, 0.15) is 0 Å². The monoisotopic (exact) mass is 682 g/mol. The van der Waals surface area contributed by atoms with Crippen LogP contribution in [-0.4, -0.2) is 0 Å². The molecule has 0 unspecified atom stereocenters. The first kappa shape index (κ1) is 29.8. The van der Waals surface area contributed by atoms with Crippen LogP contribution in [0.2, 0.25) is 0 Å². The van der Waals surface area contributed by atoms with Gasteiger partial charge in [-0.15, -0.1) is 0 Å². The van der Waals surface area contributed by atoms with Crippen LogP contribution in [0.15, 0.2) is 170 Å². The lowest BCUT2D eigenvalue weighted by Gasteiger charge is -2.19. The van der Waals surface area contributed by atoms with Crippen molar-refractivity contribution in [3.8, 4) is 55.6 Å². The van der Waals surface area contributed by atoms with Crippen molar-refractivity contribution in [2.45, 2.75) is 13.8 Å². The molecule has 11 aromatic carbocycles. The van der Waals surface area contributed by atoms with Crippen LogP contribution < -0.4 is 0 Å². The molecule has 0 heteroatoms. The molecule has 250 valence electrons. The van der Waals surface area contributed by atoms with E-state index in [0.717, 1.165) is 0 Å². The van der Waals surface area contributed by atoms with Gasteiger partial charge in [0.05, 0.1) is 0 Å². The van der Waals surface area contributed by atoms with E-state index in [1.165, 1.54) is 131 Å². The van der Waals surface area contributed by atoms with Crippen LogP contribution >= 0.6 is 0 Å². The van der Waals surface area contributed by atoms with Crippen LogP contribution in [0.1, 0.15) is 11.1 Å². The fraction of sp³-hybridized carbons (Fsp3) is 0.0370. The maximum Gasteiger partial charge on any atom is -0.00114 e. The molecule has 11 aromatic rings. The summed E-state index contributed by atoms with van der Waals surface area (Å²) in [5.41, 5.74) is 15.7. The fourth-order valence-corrected chi connectivity index (χ4v) is 9.99. The third kappa shape index (κ3) is 4.03. The highest BCUT2D eigenvalue weighted by Gasteiger charge is 2.28. The summed E-state index contributed by atoms with van der Waals surface area (Å²) in [5.74, 6) is 0. The normalized spacial score (nSPS) is 12.3. The first-order valence-corrected chi connectivity index (χ1v) is 19.0. The van der Waals surface area contributed by atoms with E-state index in [-0.39, 0.29) is 0 Å². The number of benzene rings is 11. The van der Waals surface area contributed by atoms with Crippen molar-refractivity contribution in [3.05, 3.63) is 181 Å². The van der Waals surface area contributed by atoms with Crippen LogP contribution in [0.4, 0.5) is 0 Å². The Balaban J connectivity index is 1.25. The smallest absolute Gasteiger partial charge is 0.00114 e. The predicted octanol–water partition coefficient (Wildman–Crippen LogP) is 15.3. The van der Waals surface area contributed by atoms with Crippen molar-refractivity contribution in [1.82, 2.24) is 0 Å². The van der Waals surface area contributed by atoms with Gasteiger partial charge in [0.25, 0.3) is 0 Å². The maximum atomic E-state index is 2.52. The van der Waals surface area contributed by atoms with Gasteiger partial charge in [-0.25, -0.2) is 0 Å². The minimum atomic E-state index is 1.23. The molecule has 0 heterocycles. The molecule has 0 bridgehead atoms. The molecule has 0 saturated heterocycles. The van der Waals surface area contributed by atoms with E-state index in [1.54, 1.807) is 0 Å². The lowest BCUT2D eigenvalue weighted by molar-refractivity contribution is 1.39. The zero-order valence-electron chi connectivity index (χ0n) is 30.2. The van der Waals surface area contributed by atoms with Gasteiger partial charge in [0.2, 0.25) is 0 Å². The molecule has 0 amide bonds. The van der Waals surface area contributed by atoms with Gasteiger partial charge < -0.3 is 0 Å². The molecule has 0 spiro atoms. The van der Waals surface area contributed by atoms with E-state index in [0.29, 0.717) is 0 Å². The summed E-state index contributed by atoms with van der Waals surface area (Å²) in [6, 6.07) is 64.1. The van der Waals surface area contributed by atoms with Crippen LogP contribution in [0.5, 0.6) is 0 Å². The van der Waals surface area contributed by atoms with Gasteiger partial charge in [0, 0.05) is 0 Å². The molecule has 0 fully saturated rings. The minimum Gasteiger partial charge on any atom is -0.0622 e.